The molecule has 0 saturated heterocycles. The summed E-state index contributed by atoms with van der Waals surface area (Å²) in [5.74, 6) is 0.934. The van der Waals surface area contributed by atoms with Gasteiger partial charge in [-0.15, -0.1) is 12.6 Å². The highest BCUT2D eigenvalue weighted by Crippen LogP contribution is 2.31. The molecule has 0 atom stereocenters. The molecule has 4 rings (SSSR count). The maximum absolute atomic E-state index is 13.8. The number of hydrogen-bond acceptors (Lipinski definition) is 6. The van der Waals surface area contributed by atoms with E-state index in [1.165, 1.54) is 12.1 Å². The Kier molecular flexibility index (Phi) is 9.66. The van der Waals surface area contributed by atoms with E-state index in [1.807, 2.05) is 57.0 Å². The monoisotopic (exact) mass is 475 g/mol. The molecular formula is C25H31F2N3O2S. The molecule has 2 aliphatic rings. The number of nitrogens with zero attached hydrogens (tertiary/aromatic N) is 1. The molecule has 0 aromatic heterocycles. The minimum atomic E-state index is -0.738. The van der Waals surface area contributed by atoms with Crippen LogP contribution in [-0.2, 0) is 0 Å². The molecule has 8 heteroatoms. The van der Waals surface area contributed by atoms with E-state index in [-0.39, 0.29) is 11.3 Å². The topological polar surface area (TPSA) is 73.7 Å². The number of ether oxygens (including phenoxy) is 2. The highest BCUT2D eigenvalue weighted by molar-refractivity contribution is 7.80. The number of likely N-dealkylation sites (N-methyl/N-ethyl adjacent to an activating group) is 1. The van der Waals surface area contributed by atoms with Gasteiger partial charge in [0.15, 0.2) is 17.3 Å². The van der Waals surface area contributed by atoms with Crippen LogP contribution in [0.2, 0.25) is 0 Å². The summed E-state index contributed by atoms with van der Waals surface area (Å²) in [6, 6.07) is 7.98. The van der Waals surface area contributed by atoms with Gasteiger partial charge in [0.2, 0.25) is 0 Å². The lowest BCUT2D eigenvalue weighted by atomic mass is 10.1. The fourth-order valence-corrected chi connectivity index (χ4v) is 3.31. The Morgan fingerprint density at radius 2 is 1.67 bits per heavy atom. The fourth-order valence-electron chi connectivity index (χ4n) is 3.12. The summed E-state index contributed by atoms with van der Waals surface area (Å²) < 4.78 is 38.0. The van der Waals surface area contributed by atoms with Crippen molar-refractivity contribution in [1.29, 1.82) is 0 Å². The molecule has 4 N–H and O–H groups in total. The quantitative estimate of drug-likeness (QED) is 0.401. The third-order valence-electron chi connectivity index (χ3n) is 4.78. The second kappa shape index (κ2) is 12.2. The van der Waals surface area contributed by atoms with Gasteiger partial charge in [0.1, 0.15) is 24.9 Å². The van der Waals surface area contributed by atoms with Gasteiger partial charge in [0.25, 0.3) is 0 Å². The van der Waals surface area contributed by atoms with E-state index in [9.17, 15) is 8.78 Å². The molecule has 33 heavy (non-hydrogen) atoms. The lowest BCUT2D eigenvalue weighted by molar-refractivity contribution is 0.171. The minimum absolute atomic E-state index is 0.0684. The average molecular weight is 476 g/mol. The predicted octanol–water partition coefficient (Wildman–Crippen LogP) is 5.39. The molecule has 0 saturated carbocycles. The first-order chi connectivity index (χ1) is 15.8. The number of halogens is 2. The van der Waals surface area contributed by atoms with Gasteiger partial charge in [0, 0.05) is 24.1 Å². The zero-order valence-electron chi connectivity index (χ0n) is 19.4. The summed E-state index contributed by atoms with van der Waals surface area (Å²) in [5, 5.41) is 0. The Bertz CT molecular complexity index is 1070. The number of allylic oxidation sites excluding steroid dienone is 2. The van der Waals surface area contributed by atoms with Crippen LogP contribution < -0.4 is 20.9 Å². The van der Waals surface area contributed by atoms with Crippen molar-refractivity contribution in [3.05, 3.63) is 76.6 Å². The molecule has 0 fully saturated rings. The second-order valence-corrected chi connectivity index (χ2v) is 7.69. The SMILES string of the molecule is CC.CC1=C(N)N(C)CC(C=Cc2c(F)ccc(N)c2F)=C1.Sc1ccc2c(c1)OCCO2. The summed E-state index contributed by atoms with van der Waals surface area (Å²) in [5.41, 5.74) is 12.9. The molecule has 0 bridgehead atoms. The van der Waals surface area contributed by atoms with Gasteiger partial charge < -0.3 is 25.8 Å². The smallest absolute Gasteiger partial charge is 0.162 e. The van der Waals surface area contributed by atoms with Crippen molar-refractivity contribution in [3.63, 3.8) is 0 Å². The largest absolute Gasteiger partial charge is 0.486 e. The van der Waals surface area contributed by atoms with Gasteiger partial charge in [0.05, 0.1) is 5.69 Å². The Morgan fingerprint density at radius 3 is 2.33 bits per heavy atom. The van der Waals surface area contributed by atoms with Crippen LogP contribution in [0.15, 0.2) is 64.3 Å². The maximum Gasteiger partial charge on any atom is 0.162 e. The summed E-state index contributed by atoms with van der Waals surface area (Å²) in [4.78, 5) is 2.77. The number of anilines is 1. The van der Waals surface area contributed by atoms with Crippen molar-refractivity contribution in [2.24, 2.45) is 5.73 Å². The summed E-state index contributed by atoms with van der Waals surface area (Å²) in [6.45, 7) is 7.74. The Labute approximate surface area is 199 Å². The predicted molar refractivity (Wildman–Crippen MR) is 133 cm³/mol. The van der Waals surface area contributed by atoms with E-state index in [1.54, 1.807) is 6.08 Å². The van der Waals surface area contributed by atoms with Gasteiger partial charge >= 0.3 is 0 Å². The minimum Gasteiger partial charge on any atom is -0.486 e. The number of fused-ring (bicyclic) bond motifs is 1. The Hall–Kier alpha value is -3.13. The maximum atomic E-state index is 13.8. The molecule has 2 aromatic rings. The third-order valence-corrected chi connectivity index (χ3v) is 5.06. The Morgan fingerprint density at radius 1 is 1.00 bits per heavy atom. The number of nitrogens with two attached hydrogens (primary N) is 2. The zero-order chi connectivity index (χ0) is 24.5. The molecular weight excluding hydrogens is 444 g/mol. The molecule has 2 aromatic carbocycles. The number of nitrogen functional groups attached to an aromatic ring is 1. The summed E-state index contributed by atoms with van der Waals surface area (Å²) in [6.07, 6.45) is 4.97. The van der Waals surface area contributed by atoms with Crippen molar-refractivity contribution in [1.82, 2.24) is 4.90 Å². The second-order valence-electron chi connectivity index (χ2n) is 7.17. The zero-order valence-corrected chi connectivity index (χ0v) is 20.3. The standard InChI is InChI=1S/C15H17F2N3.C8H8O2S.C2H6/c1-9-7-10(8-20(2)15(9)19)3-4-11-12(16)5-6-13(18)14(11)17;11-6-1-2-7-8(5-6)10-4-3-9-7;1-2/h3-7H,8,18-19H2,1-2H3;1-2,5,11H,3-4H2;1-2H3. The van der Waals surface area contributed by atoms with E-state index < -0.39 is 11.6 Å². The van der Waals surface area contributed by atoms with Gasteiger partial charge in [-0.2, -0.15) is 0 Å². The van der Waals surface area contributed by atoms with Gasteiger partial charge in [-0.3, -0.25) is 0 Å². The van der Waals surface area contributed by atoms with Crippen molar-refractivity contribution in [2.75, 3.05) is 32.5 Å². The Balaban J connectivity index is 0.000000249. The molecule has 5 nitrogen and oxygen atoms in total. The highest BCUT2D eigenvalue weighted by atomic mass is 32.1. The van der Waals surface area contributed by atoms with Crippen LogP contribution in [0.25, 0.3) is 6.08 Å². The number of hydrogen-bond donors (Lipinski definition) is 3. The van der Waals surface area contributed by atoms with Crippen LogP contribution in [0.3, 0.4) is 0 Å². The van der Waals surface area contributed by atoms with Crippen LogP contribution >= 0.6 is 12.6 Å². The molecule has 178 valence electrons. The molecule has 0 amide bonds. The normalized spacial score (nSPS) is 14.8. The molecule has 0 unspecified atom stereocenters. The van der Waals surface area contributed by atoms with Gasteiger partial charge in [-0.05, 0) is 54.5 Å². The van der Waals surface area contributed by atoms with E-state index in [0.717, 1.165) is 33.6 Å². The van der Waals surface area contributed by atoms with Crippen LogP contribution in [0, 0.1) is 11.6 Å². The van der Waals surface area contributed by atoms with Crippen LogP contribution in [0.4, 0.5) is 14.5 Å². The van der Waals surface area contributed by atoms with E-state index >= 15 is 0 Å². The lowest BCUT2D eigenvalue weighted by Gasteiger charge is -2.25. The average Bonchev–Trinajstić information content (AvgIpc) is 2.81. The van der Waals surface area contributed by atoms with E-state index in [4.69, 9.17) is 20.9 Å². The van der Waals surface area contributed by atoms with Crippen LogP contribution in [0.1, 0.15) is 26.3 Å². The van der Waals surface area contributed by atoms with E-state index in [2.05, 4.69) is 12.6 Å². The van der Waals surface area contributed by atoms with E-state index in [0.29, 0.717) is 25.6 Å². The van der Waals surface area contributed by atoms with Crippen molar-refractivity contribution >= 4 is 24.4 Å². The van der Waals surface area contributed by atoms with Crippen molar-refractivity contribution in [3.8, 4) is 11.5 Å². The lowest BCUT2D eigenvalue weighted by Crippen LogP contribution is -2.29. The fraction of sp³-hybridized carbons (Fsp3) is 0.280. The third kappa shape index (κ3) is 6.92. The van der Waals surface area contributed by atoms with Gasteiger partial charge in [-0.25, -0.2) is 8.78 Å². The molecule has 0 spiro atoms. The van der Waals surface area contributed by atoms with Crippen molar-refractivity contribution < 1.29 is 18.3 Å². The summed E-state index contributed by atoms with van der Waals surface area (Å²) in [7, 11) is 1.86. The first kappa shape index (κ1) is 26.1. The number of benzene rings is 2. The molecule has 2 aliphatic heterocycles. The molecule has 0 radical (unpaired) electrons. The van der Waals surface area contributed by atoms with Gasteiger partial charge in [-0.1, -0.05) is 26.0 Å². The van der Waals surface area contributed by atoms with Crippen LogP contribution in [-0.4, -0.2) is 31.7 Å². The first-order valence-electron chi connectivity index (χ1n) is 10.6. The molecule has 2 heterocycles. The van der Waals surface area contributed by atoms with Crippen LogP contribution in [0.5, 0.6) is 11.5 Å². The summed E-state index contributed by atoms with van der Waals surface area (Å²) >= 11 is 4.18. The first-order valence-corrected chi connectivity index (χ1v) is 11.1. The number of rotatable bonds is 2. The molecule has 0 aliphatic carbocycles. The highest BCUT2D eigenvalue weighted by Gasteiger charge is 2.13. The van der Waals surface area contributed by atoms with Crippen molar-refractivity contribution in [2.45, 2.75) is 25.7 Å². The number of thiol groups is 1.